The summed E-state index contributed by atoms with van der Waals surface area (Å²) < 4.78 is 19.3. The van der Waals surface area contributed by atoms with Gasteiger partial charge in [-0.1, -0.05) is 36.7 Å². The van der Waals surface area contributed by atoms with Crippen LogP contribution in [-0.2, 0) is 13.2 Å². The van der Waals surface area contributed by atoms with E-state index in [0.717, 1.165) is 12.0 Å². The van der Waals surface area contributed by atoms with E-state index in [1.54, 1.807) is 12.1 Å². The average Bonchev–Trinajstić information content (AvgIpc) is 2.56. The SMILES string of the molecule is CC[C@@H](CO)NCc1ccc(OCc2c(F)cccc2Cl)cc1. The molecule has 2 aromatic carbocycles. The Morgan fingerprint density at radius 1 is 1.22 bits per heavy atom. The Kier molecular flexibility index (Phi) is 6.84. The number of halogens is 2. The van der Waals surface area contributed by atoms with Crippen LogP contribution in [0.3, 0.4) is 0 Å². The van der Waals surface area contributed by atoms with E-state index in [0.29, 0.717) is 22.9 Å². The van der Waals surface area contributed by atoms with Crippen molar-refractivity contribution in [3.63, 3.8) is 0 Å². The summed E-state index contributed by atoms with van der Waals surface area (Å²) in [5, 5.41) is 12.8. The summed E-state index contributed by atoms with van der Waals surface area (Å²) in [6.45, 7) is 2.92. The van der Waals surface area contributed by atoms with Gasteiger partial charge in [-0.3, -0.25) is 0 Å². The molecule has 0 spiro atoms. The summed E-state index contributed by atoms with van der Waals surface area (Å²) in [7, 11) is 0. The molecule has 23 heavy (non-hydrogen) atoms. The van der Waals surface area contributed by atoms with Crippen molar-refractivity contribution in [1.29, 1.82) is 0 Å². The lowest BCUT2D eigenvalue weighted by Crippen LogP contribution is -2.31. The summed E-state index contributed by atoms with van der Waals surface area (Å²) in [5.41, 5.74) is 1.45. The summed E-state index contributed by atoms with van der Waals surface area (Å²) in [4.78, 5) is 0. The molecule has 2 N–H and O–H groups in total. The summed E-state index contributed by atoms with van der Waals surface area (Å²) in [6.07, 6.45) is 0.876. The summed E-state index contributed by atoms with van der Waals surface area (Å²) in [5.74, 6) is 0.287. The lowest BCUT2D eigenvalue weighted by atomic mass is 10.2. The highest BCUT2D eigenvalue weighted by molar-refractivity contribution is 6.31. The third-order valence-electron chi connectivity index (χ3n) is 3.68. The average molecular weight is 338 g/mol. The van der Waals surface area contributed by atoms with Crippen molar-refractivity contribution in [2.45, 2.75) is 32.5 Å². The number of nitrogens with one attached hydrogen (secondary N) is 1. The van der Waals surface area contributed by atoms with Crippen LogP contribution in [0.25, 0.3) is 0 Å². The number of aliphatic hydroxyl groups is 1. The van der Waals surface area contributed by atoms with Gasteiger partial charge in [0.15, 0.2) is 0 Å². The largest absolute Gasteiger partial charge is 0.489 e. The van der Waals surface area contributed by atoms with Gasteiger partial charge in [0.25, 0.3) is 0 Å². The minimum Gasteiger partial charge on any atom is -0.489 e. The van der Waals surface area contributed by atoms with E-state index in [2.05, 4.69) is 5.32 Å². The van der Waals surface area contributed by atoms with E-state index in [-0.39, 0.29) is 25.1 Å². The van der Waals surface area contributed by atoms with E-state index in [1.807, 2.05) is 31.2 Å². The van der Waals surface area contributed by atoms with Gasteiger partial charge in [-0.25, -0.2) is 4.39 Å². The molecule has 0 aliphatic carbocycles. The maximum atomic E-state index is 13.7. The van der Waals surface area contributed by atoms with E-state index < -0.39 is 0 Å². The van der Waals surface area contributed by atoms with Gasteiger partial charge >= 0.3 is 0 Å². The van der Waals surface area contributed by atoms with Crippen LogP contribution in [0.5, 0.6) is 5.75 Å². The fraction of sp³-hybridized carbons (Fsp3) is 0.333. The van der Waals surface area contributed by atoms with Gasteiger partial charge in [0.05, 0.1) is 11.6 Å². The molecular formula is C18H21ClFNO2. The maximum absolute atomic E-state index is 13.7. The molecule has 0 amide bonds. The highest BCUT2D eigenvalue weighted by Gasteiger charge is 2.08. The first-order valence-corrected chi connectivity index (χ1v) is 8.00. The molecule has 124 valence electrons. The third-order valence-corrected chi connectivity index (χ3v) is 4.03. The van der Waals surface area contributed by atoms with Gasteiger partial charge in [0, 0.05) is 18.2 Å². The second-order valence-electron chi connectivity index (χ2n) is 5.30. The van der Waals surface area contributed by atoms with Crippen molar-refractivity contribution in [3.8, 4) is 5.75 Å². The van der Waals surface area contributed by atoms with Crippen molar-refractivity contribution in [2.75, 3.05) is 6.61 Å². The van der Waals surface area contributed by atoms with Crippen molar-refractivity contribution >= 4 is 11.6 Å². The zero-order chi connectivity index (χ0) is 16.7. The molecule has 0 unspecified atom stereocenters. The zero-order valence-electron chi connectivity index (χ0n) is 13.1. The van der Waals surface area contributed by atoms with Crippen molar-refractivity contribution in [2.24, 2.45) is 0 Å². The molecule has 0 aliphatic heterocycles. The highest BCUT2D eigenvalue weighted by Crippen LogP contribution is 2.21. The number of ether oxygens (including phenoxy) is 1. The lowest BCUT2D eigenvalue weighted by Gasteiger charge is -2.14. The molecule has 1 atom stereocenters. The number of hydrogen-bond donors (Lipinski definition) is 2. The molecule has 2 rings (SSSR count). The lowest BCUT2D eigenvalue weighted by molar-refractivity contribution is 0.238. The van der Waals surface area contributed by atoms with Gasteiger partial charge in [0.2, 0.25) is 0 Å². The Balaban J connectivity index is 1.90. The van der Waals surface area contributed by atoms with Crippen LogP contribution in [0, 0.1) is 5.82 Å². The number of aliphatic hydroxyl groups excluding tert-OH is 1. The second kappa shape index (κ2) is 8.87. The Morgan fingerprint density at radius 2 is 1.96 bits per heavy atom. The zero-order valence-corrected chi connectivity index (χ0v) is 13.8. The van der Waals surface area contributed by atoms with Gasteiger partial charge in [-0.15, -0.1) is 0 Å². The number of hydrogen-bond acceptors (Lipinski definition) is 3. The first kappa shape index (κ1) is 17.7. The minimum absolute atomic E-state index is 0.0888. The third kappa shape index (κ3) is 5.20. The van der Waals surface area contributed by atoms with Gasteiger partial charge in [0.1, 0.15) is 18.2 Å². The Morgan fingerprint density at radius 3 is 2.57 bits per heavy atom. The van der Waals surface area contributed by atoms with E-state index in [4.69, 9.17) is 21.4 Å². The molecule has 3 nitrogen and oxygen atoms in total. The second-order valence-corrected chi connectivity index (χ2v) is 5.71. The normalized spacial score (nSPS) is 12.2. The molecule has 2 aromatic rings. The van der Waals surface area contributed by atoms with Crippen LogP contribution in [0.1, 0.15) is 24.5 Å². The minimum atomic E-state index is -0.368. The first-order chi connectivity index (χ1) is 11.1. The molecular weight excluding hydrogens is 317 g/mol. The smallest absolute Gasteiger partial charge is 0.131 e. The fourth-order valence-corrected chi connectivity index (χ4v) is 2.35. The molecule has 0 aromatic heterocycles. The predicted octanol–water partition coefficient (Wildman–Crippen LogP) is 3.92. The van der Waals surface area contributed by atoms with Crippen LogP contribution >= 0.6 is 11.6 Å². The van der Waals surface area contributed by atoms with Crippen molar-refractivity contribution < 1.29 is 14.2 Å². The van der Waals surface area contributed by atoms with Crippen LogP contribution in [0.15, 0.2) is 42.5 Å². The van der Waals surface area contributed by atoms with Gasteiger partial charge in [-0.05, 0) is 36.2 Å². The Labute approximate surface area is 141 Å². The standard InChI is InChI=1S/C18H21ClFNO2/c1-2-14(11-22)21-10-13-6-8-15(9-7-13)23-12-16-17(19)4-3-5-18(16)20/h3-9,14,21-22H,2,10-12H2,1H3/t14-/m0/s1. The number of benzene rings is 2. The molecule has 0 saturated carbocycles. The van der Waals surface area contributed by atoms with Gasteiger partial charge in [-0.2, -0.15) is 0 Å². The molecule has 0 fully saturated rings. The van der Waals surface area contributed by atoms with E-state index in [1.165, 1.54) is 6.07 Å². The molecule has 5 heteroatoms. The Bertz CT molecular complexity index is 595. The molecule has 0 radical (unpaired) electrons. The van der Waals surface area contributed by atoms with Crippen LogP contribution in [-0.4, -0.2) is 17.8 Å². The molecule has 0 heterocycles. The predicted molar refractivity (Wildman–Crippen MR) is 90.2 cm³/mol. The monoisotopic (exact) mass is 337 g/mol. The Hall–Kier alpha value is -1.62. The van der Waals surface area contributed by atoms with Crippen LogP contribution < -0.4 is 10.1 Å². The van der Waals surface area contributed by atoms with E-state index >= 15 is 0 Å². The van der Waals surface area contributed by atoms with Crippen LogP contribution in [0.2, 0.25) is 5.02 Å². The summed E-state index contributed by atoms with van der Waals surface area (Å²) >= 11 is 5.97. The molecule has 0 saturated heterocycles. The molecule has 0 bridgehead atoms. The van der Waals surface area contributed by atoms with Gasteiger partial charge < -0.3 is 15.2 Å². The number of rotatable bonds is 8. The topological polar surface area (TPSA) is 41.5 Å². The summed E-state index contributed by atoms with van der Waals surface area (Å²) in [6, 6.07) is 12.2. The highest BCUT2D eigenvalue weighted by atomic mass is 35.5. The fourth-order valence-electron chi connectivity index (χ4n) is 2.13. The maximum Gasteiger partial charge on any atom is 0.131 e. The molecule has 0 aliphatic rings. The van der Waals surface area contributed by atoms with Crippen molar-refractivity contribution in [1.82, 2.24) is 5.32 Å². The quantitative estimate of drug-likeness (QED) is 0.767. The van der Waals surface area contributed by atoms with Crippen LogP contribution in [0.4, 0.5) is 4.39 Å². The van der Waals surface area contributed by atoms with Crippen molar-refractivity contribution in [3.05, 3.63) is 64.4 Å². The van der Waals surface area contributed by atoms with E-state index in [9.17, 15) is 4.39 Å². The first-order valence-electron chi connectivity index (χ1n) is 7.63.